The first kappa shape index (κ1) is 26.6. The van der Waals surface area contributed by atoms with Gasteiger partial charge in [0.2, 0.25) is 11.8 Å². The normalized spacial score (nSPS) is 12.0. The largest absolute Gasteiger partial charge is 0.385 e. The molecule has 0 spiro atoms. The van der Waals surface area contributed by atoms with E-state index in [9.17, 15) is 9.59 Å². The van der Waals surface area contributed by atoms with Crippen LogP contribution in [0.15, 0.2) is 30.3 Å². The van der Waals surface area contributed by atoms with Gasteiger partial charge in [-0.15, -0.1) is 0 Å². The lowest BCUT2D eigenvalue weighted by molar-refractivity contribution is -0.136. The number of hydrogen-bond acceptors (Lipinski definition) is 4. The molecule has 7 nitrogen and oxygen atoms in total. The number of aryl methyl sites for hydroxylation is 1. The van der Waals surface area contributed by atoms with Crippen LogP contribution in [0.2, 0.25) is 0 Å². The van der Waals surface area contributed by atoms with Crippen LogP contribution in [-0.2, 0) is 19.7 Å². The van der Waals surface area contributed by atoms with Crippen molar-refractivity contribution in [3.63, 3.8) is 0 Å². The summed E-state index contributed by atoms with van der Waals surface area (Å²) in [5.41, 5.74) is 2.53. The monoisotopic (exact) mass is 456 g/mol. The molecule has 0 radical (unpaired) electrons. The third kappa shape index (κ3) is 8.31. The SMILES string of the molecule is COCCCN(CC(=O)Nc1cc(C(C)(C)C)nn1-c1cccc(C)c1)C(=O)CC(C)(C)C. The van der Waals surface area contributed by atoms with Crippen LogP contribution in [0.25, 0.3) is 5.69 Å². The van der Waals surface area contributed by atoms with E-state index in [2.05, 4.69) is 26.1 Å². The second-order valence-corrected chi connectivity index (χ2v) is 10.9. The lowest BCUT2D eigenvalue weighted by atomic mass is 9.91. The van der Waals surface area contributed by atoms with Crippen molar-refractivity contribution in [2.45, 2.75) is 66.7 Å². The fraction of sp³-hybridized carbons (Fsp3) is 0.577. The topological polar surface area (TPSA) is 76.5 Å². The van der Waals surface area contributed by atoms with E-state index in [1.165, 1.54) is 0 Å². The third-order valence-electron chi connectivity index (χ3n) is 5.14. The van der Waals surface area contributed by atoms with Gasteiger partial charge in [0.15, 0.2) is 0 Å². The van der Waals surface area contributed by atoms with E-state index < -0.39 is 0 Å². The number of nitrogens with one attached hydrogen (secondary N) is 1. The van der Waals surface area contributed by atoms with Gasteiger partial charge >= 0.3 is 0 Å². The average molecular weight is 457 g/mol. The van der Waals surface area contributed by atoms with Crippen LogP contribution in [0, 0.1) is 12.3 Å². The molecule has 0 saturated carbocycles. The Morgan fingerprint density at radius 2 is 1.82 bits per heavy atom. The van der Waals surface area contributed by atoms with Crippen LogP contribution in [-0.4, -0.2) is 53.3 Å². The lowest BCUT2D eigenvalue weighted by Crippen LogP contribution is -2.40. The van der Waals surface area contributed by atoms with E-state index in [-0.39, 0.29) is 29.2 Å². The first-order valence-electron chi connectivity index (χ1n) is 11.5. The van der Waals surface area contributed by atoms with Crippen LogP contribution < -0.4 is 5.32 Å². The zero-order valence-electron chi connectivity index (χ0n) is 21.5. The Bertz CT molecular complexity index is 951. The van der Waals surface area contributed by atoms with Crippen LogP contribution >= 0.6 is 0 Å². The molecule has 33 heavy (non-hydrogen) atoms. The van der Waals surface area contributed by atoms with Gasteiger partial charge in [-0.05, 0) is 36.5 Å². The third-order valence-corrected chi connectivity index (χ3v) is 5.14. The summed E-state index contributed by atoms with van der Waals surface area (Å²) < 4.78 is 6.89. The summed E-state index contributed by atoms with van der Waals surface area (Å²) in [5, 5.41) is 7.77. The molecule has 182 valence electrons. The van der Waals surface area contributed by atoms with Crippen molar-refractivity contribution in [3.05, 3.63) is 41.6 Å². The molecule has 1 N–H and O–H groups in total. The van der Waals surface area contributed by atoms with Crippen molar-refractivity contribution >= 4 is 17.6 Å². The van der Waals surface area contributed by atoms with Crippen LogP contribution in [0.1, 0.15) is 65.6 Å². The summed E-state index contributed by atoms with van der Waals surface area (Å²) in [5.74, 6) is 0.316. The van der Waals surface area contributed by atoms with Crippen molar-refractivity contribution in [2.75, 3.05) is 32.1 Å². The summed E-state index contributed by atoms with van der Waals surface area (Å²) in [7, 11) is 1.63. The minimum absolute atomic E-state index is 0.0114. The molecule has 2 amide bonds. The summed E-state index contributed by atoms with van der Waals surface area (Å²) in [6.45, 7) is 15.3. The molecule has 1 heterocycles. The van der Waals surface area contributed by atoms with E-state index in [4.69, 9.17) is 9.84 Å². The van der Waals surface area contributed by atoms with Crippen molar-refractivity contribution in [2.24, 2.45) is 5.41 Å². The smallest absolute Gasteiger partial charge is 0.245 e. The Hall–Kier alpha value is -2.67. The molecular weight excluding hydrogens is 416 g/mol. The van der Waals surface area contributed by atoms with E-state index in [1.807, 2.05) is 58.0 Å². The van der Waals surface area contributed by atoms with Gasteiger partial charge in [0.1, 0.15) is 5.82 Å². The zero-order chi connectivity index (χ0) is 24.8. The van der Waals surface area contributed by atoms with Gasteiger partial charge in [0.25, 0.3) is 0 Å². The number of rotatable bonds is 9. The van der Waals surface area contributed by atoms with Crippen molar-refractivity contribution in [1.29, 1.82) is 0 Å². The lowest BCUT2D eigenvalue weighted by Gasteiger charge is -2.26. The Labute approximate surface area is 198 Å². The van der Waals surface area contributed by atoms with Crippen LogP contribution in [0.3, 0.4) is 0 Å². The van der Waals surface area contributed by atoms with E-state index in [0.29, 0.717) is 31.8 Å². The van der Waals surface area contributed by atoms with E-state index >= 15 is 0 Å². The van der Waals surface area contributed by atoms with Crippen molar-refractivity contribution < 1.29 is 14.3 Å². The number of carbonyl (C=O) groups is 2. The van der Waals surface area contributed by atoms with Crippen molar-refractivity contribution in [3.8, 4) is 5.69 Å². The molecule has 0 aliphatic carbocycles. The highest BCUT2D eigenvalue weighted by Crippen LogP contribution is 2.27. The summed E-state index contributed by atoms with van der Waals surface area (Å²) in [6, 6.07) is 9.89. The summed E-state index contributed by atoms with van der Waals surface area (Å²) >= 11 is 0. The summed E-state index contributed by atoms with van der Waals surface area (Å²) in [6.07, 6.45) is 1.05. The van der Waals surface area contributed by atoms with Crippen LogP contribution in [0.5, 0.6) is 0 Å². The highest BCUT2D eigenvalue weighted by Gasteiger charge is 2.25. The molecule has 0 fully saturated rings. The van der Waals surface area contributed by atoms with E-state index in [0.717, 1.165) is 16.9 Å². The number of anilines is 1. The molecule has 0 saturated heterocycles. The molecule has 0 atom stereocenters. The first-order chi connectivity index (χ1) is 15.3. The second-order valence-electron chi connectivity index (χ2n) is 10.9. The number of ether oxygens (including phenoxy) is 1. The molecule has 0 aliphatic rings. The Morgan fingerprint density at radius 3 is 2.39 bits per heavy atom. The Morgan fingerprint density at radius 1 is 1.12 bits per heavy atom. The Kier molecular flexibility index (Phi) is 8.83. The fourth-order valence-corrected chi connectivity index (χ4v) is 3.41. The predicted molar refractivity (Wildman–Crippen MR) is 133 cm³/mol. The number of aromatic nitrogens is 2. The average Bonchev–Trinajstić information content (AvgIpc) is 3.10. The first-order valence-corrected chi connectivity index (χ1v) is 11.5. The van der Waals surface area contributed by atoms with Crippen LogP contribution in [0.4, 0.5) is 5.82 Å². The second kappa shape index (κ2) is 11.0. The molecule has 1 aromatic heterocycles. The molecule has 0 unspecified atom stereocenters. The van der Waals surface area contributed by atoms with Crippen molar-refractivity contribution in [1.82, 2.24) is 14.7 Å². The quantitative estimate of drug-likeness (QED) is 0.554. The molecule has 2 rings (SSSR count). The maximum absolute atomic E-state index is 13.1. The maximum Gasteiger partial charge on any atom is 0.245 e. The number of benzene rings is 1. The number of amides is 2. The van der Waals surface area contributed by atoms with Gasteiger partial charge in [-0.1, -0.05) is 53.7 Å². The van der Waals surface area contributed by atoms with Gasteiger partial charge in [0, 0.05) is 38.2 Å². The zero-order valence-corrected chi connectivity index (χ0v) is 21.5. The number of hydrogen-bond donors (Lipinski definition) is 1. The van der Waals surface area contributed by atoms with Gasteiger partial charge < -0.3 is 15.0 Å². The van der Waals surface area contributed by atoms with Gasteiger partial charge in [-0.25, -0.2) is 4.68 Å². The number of methoxy groups -OCH3 is 1. The molecule has 7 heteroatoms. The van der Waals surface area contributed by atoms with E-state index in [1.54, 1.807) is 16.7 Å². The highest BCUT2D eigenvalue weighted by atomic mass is 16.5. The minimum Gasteiger partial charge on any atom is -0.385 e. The predicted octanol–water partition coefficient (Wildman–Crippen LogP) is 4.72. The fourth-order valence-electron chi connectivity index (χ4n) is 3.41. The number of carbonyl (C=O) groups excluding carboxylic acids is 2. The Balaban J connectivity index is 2.27. The van der Waals surface area contributed by atoms with Gasteiger partial charge in [-0.2, -0.15) is 5.10 Å². The molecular formula is C26H40N4O3. The minimum atomic E-state index is -0.246. The maximum atomic E-state index is 13.1. The van der Waals surface area contributed by atoms with Gasteiger partial charge in [-0.3, -0.25) is 9.59 Å². The molecule has 1 aromatic carbocycles. The molecule has 0 aliphatic heterocycles. The molecule has 2 aromatic rings. The number of nitrogens with zero attached hydrogens (tertiary/aromatic N) is 3. The standard InChI is InChI=1S/C26H40N4O3/c1-19-11-9-12-20(15-19)30-22(16-21(28-30)26(5,6)7)27-23(31)18-29(13-10-14-33-8)24(32)17-25(2,3)4/h9,11-12,15-16H,10,13-14,17-18H2,1-8H3,(H,27,31). The summed E-state index contributed by atoms with van der Waals surface area (Å²) in [4.78, 5) is 27.6. The van der Waals surface area contributed by atoms with Gasteiger partial charge in [0.05, 0.1) is 17.9 Å². The highest BCUT2D eigenvalue weighted by molar-refractivity contribution is 5.94. The molecule has 0 bridgehead atoms.